The highest BCUT2D eigenvalue weighted by Gasteiger charge is 2.13. The van der Waals surface area contributed by atoms with Crippen molar-refractivity contribution in [3.63, 3.8) is 0 Å². The lowest BCUT2D eigenvalue weighted by molar-refractivity contribution is 0.0936. The van der Waals surface area contributed by atoms with Crippen LogP contribution in [0.15, 0.2) is 60.8 Å². The number of aromatic nitrogens is 2. The van der Waals surface area contributed by atoms with E-state index >= 15 is 0 Å². The zero-order valence-corrected chi connectivity index (χ0v) is 16.9. The first-order chi connectivity index (χ1) is 13.9. The van der Waals surface area contributed by atoms with Gasteiger partial charge in [0.15, 0.2) is 0 Å². The summed E-state index contributed by atoms with van der Waals surface area (Å²) < 4.78 is 0. The van der Waals surface area contributed by atoms with E-state index in [1.807, 2.05) is 50.2 Å². The van der Waals surface area contributed by atoms with Crippen molar-refractivity contribution in [1.29, 1.82) is 0 Å². The predicted octanol–water partition coefficient (Wildman–Crippen LogP) is 3.87. The van der Waals surface area contributed by atoms with Crippen molar-refractivity contribution in [2.24, 2.45) is 0 Å². The molecule has 0 atom stereocenters. The lowest BCUT2D eigenvalue weighted by atomic mass is 10.1. The molecule has 3 aromatic rings. The Kier molecular flexibility index (Phi) is 6.57. The third-order valence-corrected chi connectivity index (χ3v) is 4.30. The number of carbonyl (C=O) groups excluding carboxylic acids is 2. The number of hydrogen-bond acceptors (Lipinski definition) is 4. The summed E-state index contributed by atoms with van der Waals surface area (Å²) >= 11 is 5.91. The molecule has 6 nitrogen and oxygen atoms in total. The van der Waals surface area contributed by atoms with Crippen LogP contribution in [0.1, 0.15) is 40.4 Å². The number of pyridine rings is 2. The highest BCUT2D eigenvalue weighted by molar-refractivity contribution is 6.30. The molecule has 1 aromatic carbocycles. The van der Waals surface area contributed by atoms with Crippen LogP contribution in [0, 0.1) is 0 Å². The van der Waals surface area contributed by atoms with Gasteiger partial charge in [-0.25, -0.2) is 4.98 Å². The third kappa shape index (κ3) is 5.62. The topological polar surface area (TPSA) is 84.0 Å². The Balaban J connectivity index is 1.62. The number of benzene rings is 1. The minimum Gasteiger partial charge on any atom is -0.349 e. The Hall–Kier alpha value is -3.25. The van der Waals surface area contributed by atoms with Gasteiger partial charge in [0, 0.05) is 29.4 Å². The lowest BCUT2D eigenvalue weighted by Crippen LogP contribution is -2.31. The van der Waals surface area contributed by atoms with E-state index in [4.69, 9.17) is 11.6 Å². The molecule has 0 aliphatic rings. The maximum atomic E-state index is 12.4. The van der Waals surface area contributed by atoms with E-state index in [2.05, 4.69) is 20.6 Å². The van der Waals surface area contributed by atoms with Gasteiger partial charge in [0.25, 0.3) is 11.8 Å². The maximum absolute atomic E-state index is 12.4. The molecule has 0 saturated heterocycles. The third-order valence-electron chi connectivity index (χ3n) is 4.05. The lowest BCUT2D eigenvalue weighted by Gasteiger charge is -2.09. The van der Waals surface area contributed by atoms with Gasteiger partial charge >= 0.3 is 0 Å². The summed E-state index contributed by atoms with van der Waals surface area (Å²) in [5, 5.41) is 6.23. The first kappa shape index (κ1) is 20.5. The molecule has 3 rings (SSSR count). The second-order valence-electron chi connectivity index (χ2n) is 6.78. The van der Waals surface area contributed by atoms with Gasteiger partial charge in [-0.1, -0.05) is 35.9 Å². The van der Waals surface area contributed by atoms with Crippen molar-refractivity contribution >= 4 is 23.4 Å². The van der Waals surface area contributed by atoms with Crippen molar-refractivity contribution < 1.29 is 9.59 Å². The SMILES string of the molecule is CC(C)NC(=O)c1cccc(C(=O)NCc2ccc(-c3ccc(Cl)cc3)nc2)n1. The molecule has 29 heavy (non-hydrogen) atoms. The second-order valence-corrected chi connectivity index (χ2v) is 7.21. The normalized spacial score (nSPS) is 10.6. The fourth-order valence-electron chi connectivity index (χ4n) is 2.62. The summed E-state index contributed by atoms with van der Waals surface area (Å²) in [7, 11) is 0. The van der Waals surface area contributed by atoms with Crippen molar-refractivity contribution in [3.8, 4) is 11.3 Å². The number of nitrogens with one attached hydrogen (secondary N) is 2. The number of carbonyl (C=O) groups is 2. The van der Waals surface area contributed by atoms with E-state index in [9.17, 15) is 9.59 Å². The molecule has 7 heteroatoms. The van der Waals surface area contributed by atoms with Crippen LogP contribution in [-0.2, 0) is 6.54 Å². The molecule has 0 bridgehead atoms. The molecule has 148 valence electrons. The number of halogens is 1. The average Bonchev–Trinajstić information content (AvgIpc) is 2.72. The molecule has 2 amide bonds. The zero-order valence-electron chi connectivity index (χ0n) is 16.1. The van der Waals surface area contributed by atoms with E-state index in [0.29, 0.717) is 11.6 Å². The molecule has 0 aliphatic heterocycles. The van der Waals surface area contributed by atoms with Crippen LogP contribution in [0.4, 0.5) is 0 Å². The van der Waals surface area contributed by atoms with Crippen molar-refractivity contribution in [2.75, 3.05) is 0 Å². The van der Waals surface area contributed by atoms with Crippen LogP contribution in [0.25, 0.3) is 11.3 Å². The Morgan fingerprint density at radius 3 is 2.28 bits per heavy atom. The van der Waals surface area contributed by atoms with Crippen LogP contribution in [0.2, 0.25) is 5.02 Å². The molecule has 0 fully saturated rings. The van der Waals surface area contributed by atoms with Gasteiger partial charge in [-0.2, -0.15) is 0 Å². The minimum absolute atomic E-state index is 0.00914. The molecular weight excluding hydrogens is 388 g/mol. The monoisotopic (exact) mass is 408 g/mol. The Morgan fingerprint density at radius 2 is 1.66 bits per heavy atom. The molecule has 0 unspecified atom stereocenters. The Labute approximate surface area is 174 Å². The summed E-state index contributed by atoms with van der Waals surface area (Å²) in [6, 6.07) is 16.0. The summed E-state index contributed by atoms with van der Waals surface area (Å²) in [6.07, 6.45) is 1.71. The molecule has 0 aliphatic carbocycles. The summed E-state index contributed by atoms with van der Waals surface area (Å²) in [6.45, 7) is 4.03. The van der Waals surface area contributed by atoms with E-state index in [1.165, 1.54) is 0 Å². The Morgan fingerprint density at radius 1 is 0.966 bits per heavy atom. The molecule has 0 spiro atoms. The van der Waals surface area contributed by atoms with Crippen LogP contribution < -0.4 is 10.6 Å². The van der Waals surface area contributed by atoms with Gasteiger partial charge in [0.1, 0.15) is 11.4 Å². The predicted molar refractivity (Wildman–Crippen MR) is 113 cm³/mol. The average molecular weight is 409 g/mol. The highest BCUT2D eigenvalue weighted by atomic mass is 35.5. The van der Waals surface area contributed by atoms with Crippen LogP contribution in [-0.4, -0.2) is 27.8 Å². The van der Waals surface area contributed by atoms with Gasteiger partial charge < -0.3 is 10.6 Å². The number of rotatable bonds is 6. The summed E-state index contributed by atoms with van der Waals surface area (Å²) in [4.78, 5) is 33.0. The van der Waals surface area contributed by atoms with Crippen molar-refractivity contribution in [3.05, 3.63) is 82.8 Å². The van der Waals surface area contributed by atoms with E-state index in [-0.39, 0.29) is 29.2 Å². The summed E-state index contributed by atoms with van der Waals surface area (Å²) in [5.41, 5.74) is 3.03. The van der Waals surface area contributed by atoms with Crippen LogP contribution >= 0.6 is 11.6 Å². The van der Waals surface area contributed by atoms with Crippen LogP contribution in [0.3, 0.4) is 0 Å². The molecule has 0 radical (unpaired) electrons. The fraction of sp³-hybridized carbons (Fsp3) is 0.182. The second kappa shape index (κ2) is 9.30. The molecule has 2 aromatic heterocycles. The molecule has 0 saturated carbocycles. The number of nitrogens with zero attached hydrogens (tertiary/aromatic N) is 2. The van der Waals surface area contributed by atoms with Gasteiger partial charge in [0.2, 0.25) is 0 Å². The van der Waals surface area contributed by atoms with Crippen LogP contribution in [0.5, 0.6) is 0 Å². The van der Waals surface area contributed by atoms with E-state index < -0.39 is 0 Å². The van der Waals surface area contributed by atoms with Crippen molar-refractivity contribution in [1.82, 2.24) is 20.6 Å². The highest BCUT2D eigenvalue weighted by Crippen LogP contribution is 2.19. The molecular formula is C22H21ClN4O2. The molecule has 2 N–H and O–H groups in total. The standard InChI is InChI=1S/C22H21ClN4O2/c1-14(2)26-22(29)20-5-3-4-19(27-20)21(28)25-13-15-6-11-18(24-12-15)16-7-9-17(23)10-8-16/h3-12,14H,13H2,1-2H3,(H,25,28)(H,26,29). The number of hydrogen-bond donors (Lipinski definition) is 2. The van der Waals surface area contributed by atoms with Gasteiger partial charge in [0.05, 0.1) is 5.69 Å². The molecule has 2 heterocycles. The first-order valence-electron chi connectivity index (χ1n) is 9.19. The zero-order chi connectivity index (χ0) is 20.8. The van der Waals surface area contributed by atoms with E-state index in [1.54, 1.807) is 24.4 Å². The fourth-order valence-corrected chi connectivity index (χ4v) is 2.74. The first-order valence-corrected chi connectivity index (χ1v) is 9.57. The number of amides is 2. The summed E-state index contributed by atoms with van der Waals surface area (Å²) in [5.74, 6) is -0.664. The van der Waals surface area contributed by atoms with Gasteiger partial charge in [-0.05, 0) is 49.7 Å². The maximum Gasteiger partial charge on any atom is 0.270 e. The van der Waals surface area contributed by atoms with E-state index in [0.717, 1.165) is 16.8 Å². The quantitative estimate of drug-likeness (QED) is 0.648. The Bertz CT molecular complexity index is 1000. The minimum atomic E-state index is -0.356. The largest absolute Gasteiger partial charge is 0.349 e. The van der Waals surface area contributed by atoms with Crippen molar-refractivity contribution in [2.45, 2.75) is 26.4 Å². The smallest absolute Gasteiger partial charge is 0.270 e. The van der Waals surface area contributed by atoms with Gasteiger partial charge in [-0.3, -0.25) is 14.6 Å². The van der Waals surface area contributed by atoms with Gasteiger partial charge in [-0.15, -0.1) is 0 Å².